The molecule has 0 bridgehead atoms. The fraction of sp³-hybridized carbons (Fsp3) is 0.550. The molecule has 2 heterocycles. The summed E-state index contributed by atoms with van der Waals surface area (Å²) in [4.78, 5) is 8.98. The van der Waals surface area contributed by atoms with Crippen LogP contribution in [0.25, 0.3) is 0 Å². The highest BCUT2D eigenvalue weighted by Gasteiger charge is 2.24. The summed E-state index contributed by atoms with van der Waals surface area (Å²) in [5.74, 6) is 0.0473. The molecule has 0 aliphatic carbocycles. The molecule has 1 aliphatic heterocycles. The number of ether oxygens (including phenoxy) is 1. The Bertz CT molecular complexity index is 869. The SMILES string of the molecule is CCS(=O)(=O)c1ncc(CN2CCN(c3ccc(C)cc3)CC2)n1CCOC. The van der Waals surface area contributed by atoms with Crippen LogP contribution in [0.1, 0.15) is 18.2 Å². The Labute approximate surface area is 167 Å². The second kappa shape index (κ2) is 9.07. The maximum absolute atomic E-state index is 12.4. The molecular weight excluding hydrogens is 376 g/mol. The first-order chi connectivity index (χ1) is 13.4. The molecule has 1 aliphatic rings. The number of imidazole rings is 1. The summed E-state index contributed by atoms with van der Waals surface area (Å²) in [5, 5.41) is 0.153. The first-order valence-electron chi connectivity index (χ1n) is 9.74. The van der Waals surface area contributed by atoms with Gasteiger partial charge in [-0.2, -0.15) is 0 Å². The van der Waals surface area contributed by atoms with Gasteiger partial charge >= 0.3 is 0 Å². The lowest BCUT2D eigenvalue weighted by Crippen LogP contribution is -2.46. The van der Waals surface area contributed by atoms with Gasteiger partial charge in [-0.25, -0.2) is 13.4 Å². The van der Waals surface area contributed by atoms with E-state index < -0.39 is 9.84 Å². The average molecular weight is 407 g/mol. The molecule has 2 aromatic rings. The summed E-state index contributed by atoms with van der Waals surface area (Å²) in [6, 6.07) is 8.64. The molecular formula is C20H30N4O3S. The number of sulfone groups is 1. The highest BCUT2D eigenvalue weighted by atomic mass is 32.2. The van der Waals surface area contributed by atoms with Crippen LogP contribution in [0.15, 0.2) is 35.6 Å². The number of aryl methyl sites for hydroxylation is 1. The monoisotopic (exact) mass is 406 g/mol. The molecule has 1 saturated heterocycles. The van der Waals surface area contributed by atoms with Gasteiger partial charge in [0.1, 0.15) is 0 Å². The molecule has 0 spiro atoms. The highest BCUT2D eigenvalue weighted by molar-refractivity contribution is 7.91. The third-order valence-corrected chi connectivity index (χ3v) is 6.88. The maximum atomic E-state index is 12.4. The van der Waals surface area contributed by atoms with Crippen molar-refractivity contribution in [1.29, 1.82) is 0 Å². The van der Waals surface area contributed by atoms with Gasteiger partial charge in [-0.1, -0.05) is 24.6 Å². The van der Waals surface area contributed by atoms with E-state index in [0.717, 1.165) is 31.9 Å². The van der Waals surface area contributed by atoms with E-state index in [-0.39, 0.29) is 10.9 Å². The Morgan fingerprint density at radius 1 is 1.11 bits per heavy atom. The predicted molar refractivity (Wildman–Crippen MR) is 110 cm³/mol. The molecule has 0 radical (unpaired) electrons. The zero-order valence-electron chi connectivity index (χ0n) is 17.0. The zero-order chi connectivity index (χ0) is 20.1. The predicted octanol–water partition coefficient (Wildman–Crippen LogP) is 1.95. The minimum Gasteiger partial charge on any atom is -0.383 e. The molecule has 1 fully saturated rings. The third-order valence-electron chi connectivity index (χ3n) is 5.24. The lowest BCUT2D eigenvalue weighted by atomic mass is 10.2. The maximum Gasteiger partial charge on any atom is 0.227 e. The molecule has 1 aromatic carbocycles. The van der Waals surface area contributed by atoms with Gasteiger partial charge in [0.15, 0.2) is 0 Å². The Morgan fingerprint density at radius 2 is 1.79 bits per heavy atom. The van der Waals surface area contributed by atoms with E-state index in [1.807, 2.05) is 0 Å². The van der Waals surface area contributed by atoms with Crippen LogP contribution in [0.5, 0.6) is 0 Å². The smallest absolute Gasteiger partial charge is 0.227 e. The van der Waals surface area contributed by atoms with Gasteiger partial charge in [0.05, 0.1) is 24.3 Å². The molecule has 28 heavy (non-hydrogen) atoms. The Morgan fingerprint density at radius 3 is 2.39 bits per heavy atom. The minimum atomic E-state index is -3.36. The first-order valence-corrected chi connectivity index (χ1v) is 11.4. The minimum absolute atomic E-state index is 0.0473. The summed E-state index contributed by atoms with van der Waals surface area (Å²) in [6.45, 7) is 9.15. The van der Waals surface area contributed by atoms with Crippen LogP contribution in [-0.2, 0) is 27.7 Å². The summed E-state index contributed by atoms with van der Waals surface area (Å²) in [6.07, 6.45) is 1.70. The fourth-order valence-corrected chi connectivity index (χ4v) is 4.48. The number of anilines is 1. The van der Waals surface area contributed by atoms with Crippen LogP contribution < -0.4 is 4.90 Å². The van der Waals surface area contributed by atoms with Gasteiger partial charge in [-0.3, -0.25) is 4.90 Å². The molecule has 1 aromatic heterocycles. The number of benzene rings is 1. The van der Waals surface area contributed by atoms with Crippen LogP contribution in [0, 0.1) is 6.92 Å². The number of hydrogen-bond donors (Lipinski definition) is 0. The van der Waals surface area contributed by atoms with Gasteiger partial charge < -0.3 is 14.2 Å². The number of nitrogens with zero attached hydrogens (tertiary/aromatic N) is 4. The van der Waals surface area contributed by atoms with Crippen molar-refractivity contribution in [2.75, 3.05) is 50.5 Å². The van der Waals surface area contributed by atoms with Crippen molar-refractivity contribution in [3.05, 3.63) is 41.7 Å². The van der Waals surface area contributed by atoms with Gasteiger partial charge in [-0.05, 0) is 19.1 Å². The van der Waals surface area contributed by atoms with Crippen molar-refractivity contribution >= 4 is 15.5 Å². The van der Waals surface area contributed by atoms with E-state index in [2.05, 4.69) is 46.0 Å². The molecule has 0 N–H and O–H groups in total. The van der Waals surface area contributed by atoms with E-state index in [4.69, 9.17) is 4.74 Å². The normalized spacial score (nSPS) is 15.9. The summed E-state index contributed by atoms with van der Waals surface area (Å²) < 4.78 is 31.7. The van der Waals surface area contributed by atoms with Crippen LogP contribution in [0.2, 0.25) is 0 Å². The average Bonchev–Trinajstić information content (AvgIpc) is 3.11. The lowest BCUT2D eigenvalue weighted by Gasteiger charge is -2.36. The van der Waals surface area contributed by atoms with Crippen LogP contribution >= 0.6 is 0 Å². The van der Waals surface area contributed by atoms with Crippen LogP contribution in [0.3, 0.4) is 0 Å². The van der Waals surface area contributed by atoms with Gasteiger partial charge in [0, 0.05) is 52.1 Å². The number of rotatable bonds is 8. The van der Waals surface area contributed by atoms with Crippen molar-refractivity contribution < 1.29 is 13.2 Å². The van der Waals surface area contributed by atoms with E-state index in [1.165, 1.54) is 11.3 Å². The molecule has 154 valence electrons. The zero-order valence-corrected chi connectivity index (χ0v) is 17.8. The molecule has 0 amide bonds. The Hall–Kier alpha value is -1.90. The van der Waals surface area contributed by atoms with Crippen LogP contribution in [-0.4, -0.2) is 68.5 Å². The summed E-state index contributed by atoms with van der Waals surface area (Å²) >= 11 is 0. The lowest BCUT2D eigenvalue weighted by molar-refractivity contribution is 0.180. The molecule has 0 unspecified atom stereocenters. The second-order valence-corrected chi connectivity index (χ2v) is 9.35. The van der Waals surface area contributed by atoms with Crippen LogP contribution in [0.4, 0.5) is 5.69 Å². The second-order valence-electron chi connectivity index (χ2n) is 7.18. The fourth-order valence-electron chi connectivity index (χ4n) is 3.47. The van der Waals surface area contributed by atoms with Gasteiger partial charge in [-0.15, -0.1) is 0 Å². The van der Waals surface area contributed by atoms with E-state index in [1.54, 1.807) is 24.8 Å². The summed E-state index contributed by atoms with van der Waals surface area (Å²) in [5.41, 5.74) is 3.45. The molecule has 0 atom stereocenters. The van der Waals surface area contributed by atoms with Crippen molar-refractivity contribution in [2.45, 2.75) is 32.1 Å². The Kier molecular flexibility index (Phi) is 6.74. The summed E-state index contributed by atoms with van der Waals surface area (Å²) in [7, 11) is -1.74. The van der Waals surface area contributed by atoms with Gasteiger partial charge in [0.2, 0.25) is 15.0 Å². The van der Waals surface area contributed by atoms with E-state index in [0.29, 0.717) is 19.7 Å². The quantitative estimate of drug-likeness (QED) is 0.668. The number of hydrogen-bond acceptors (Lipinski definition) is 6. The standard InChI is InChI=1S/C20H30N4O3S/c1-4-28(25,26)20-21-15-19(24(20)13-14-27-3)16-22-9-11-23(12-10-22)18-7-5-17(2)6-8-18/h5-8,15H,4,9-14,16H2,1-3H3. The molecule has 3 rings (SSSR count). The van der Waals surface area contributed by atoms with Crippen molar-refractivity contribution in [1.82, 2.24) is 14.5 Å². The van der Waals surface area contributed by atoms with Crippen molar-refractivity contribution in [2.24, 2.45) is 0 Å². The van der Waals surface area contributed by atoms with E-state index >= 15 is 0 Å². The van der Waals surface area contributed by atoms with Gasteiger partial charge in [0.25, 0.3) is 0 Å². The molecule has 7 nitrogen and oxygen atoms in total. The molecule has 0 saturated carbocycles. The highest BCUT2D eigenvalue weighted by Crippen LogP contribution is 2.19. The Balaban J connectivity index is 1.68. The third kappa shape index (κ3) is 4.74. The number of piperazine rings is 1. The molecule has 8 heteroatoms. The topological polar surface area (TPSA) is 67.7 Å². The largest absolute Gasteiger partial charge is 0.383 e. The van der Waals surface area contributed by atoms with Crippen molar-refractivity contribution in [3.63, 3.8) is 0 Å². The number of methoxy groups -OCH3 is 1. The number of aromatic nitrogens is 2. The first kappa shape index (κ1) is 20.8. The van der Waals surface area contributed by atoms with E-state index in [9.17, 15) is 8.42 Å². The van der Waals surface area contributed by atoms with Crippen molar-refractivity contribution in [3.8, 4) is 0 Å².